The highest BCUT2D eigenvalue weighted by Crippen LogP contribution is 2.21. The van der Waals surface area contributed by atoms with Crippen LogP contribution in [-0.4, -0.2) is 30.7 Å². The molecule has 0 spiro atoms. The third kappa shape index (κ3) is 7.91. The molecule has 2 heteroatoms. The van der Waals surface area contributed by atoms with Crippen LogP contribution in [-0.2, 0) is 0 Å². The summed E-state index contributed by atoms with van der Waals surface area (Å²) in [4.78, 5) is 0. The van der Waals surface area contributed by atoms with E-state index < -0.39 is 0 Å². The molecule has 0 unspecified atom stereocenters. The van der Waals surface area contributed by atoms with E-state index in [9.17, 15) is 0 Å². The molecule has 1 heterocycles. The Morgan fingerprint density at radius 1 is 0.632 bits per heavy atom. The molecule has 1 nitrogen and oxygen atoms in total. The van der Waals surface area contributed by atoms with Gasteiger partial charge in [-0.1, -0.05) is 52.4 Å². The average molecular weight is 273 g/mol. The Hall–Kier alpha value is -0.110. The van der Waals surface area contributed by atoms with Gasteiger partial charge in [0.1, 0.15) is 0 Å². The molecule has 0 saturated carbocycles. The topological polar surface area (TPSA) is 0 Å². The van der Waals surface area contributed by atoms with Crippen LogP contribution < -0.4 is 4.70 Å². The SMILES string of the molecule is CCCCCCCCCC[N+]1(CCC)CCCC1.[F-]. The molecule has 1 aliphatic rings. The second-order valence-electron chi connectivity index (χ2n) is 6.42. The summed E-state index contributed by atoms with van der Waals surface area (Å²) in [7, 11) is 0. The number of unbranched alkanes of at least 4 members (excludes halogenated alkanes) is 7. The first-order valence-electron chi connectivity index (χ1n) is 8.68. The van der Waals surface area contributed by atoms with Crippen molar-refractivity contribution in [1.82, 2.24) is 0 Å². The highest BCUT2D eigenvalue weighted by molar-refractivity contribution is 4.56. The van der Waals surface area contributed by atoms with Crippen LogP contribution in [0.2, 0.25) is 0 Å². The molecule has 0 bridgehead atoms. The van der Waals surface area contributed by atoms with Crippen LogP contribution in [0, 0.1) is 0 Å². The van der Waals surface area contributed by atoms with E-state index in [0.29, 0.717) is 0 Å². The van der Waals surface area contributed by atoms with E-state index in [2.05, 4.69) is 13.8 Å². The smallest absolute Gasteiger partial charge is 0.0788 e. The van der Waals surface area contributed by atoms with Crippen LogP contribution in [0.25, 0.3) is 0 Å². The molecule has 1 saturated heterocycles. The summed E-state index contributed by atoms with van der Waals surface area (Å²) >= 11 is 0. The minimum Gasteiger partial charge on any atom is -1.00 e. The first kappa shape index (κ1) is 18.9. The molecule has 0 aliphatic carbocycles. The fourth-order valence-corrected chi connectivity index (χ4v) is 3.62. The molecule has 1 rings (SSSR count). The maximum Gasteiger partial charge on any atom is 0.0788 e. The number of quaternary nitrogens is 1. The zero-order valence-electron chi connectivity index (χ0n) is 13.4. The van der Waals surface area contributed by atoms with Gasteiger partial charge in [-0.2, -0.15) is 0 Å². The highest BCUT2D eigenvalue weighted by Gasteiger charge is 2.29. The van der Waals surface area contributed by atoms with Gasteiger partial charge in [-0.3, -0.25) is 0 Å². The lowest BCUT2D eigenvalue weighted by Gasteiger charge is -2.34. The number of rotatable bonds is 11. The normalized spacial score (nSPS) is 17.4. The first-order valence-corrected chi connectivity index (χ1v) is 8.68. The fourth-order valence-electron chi connectivity index (χ4n) is 3.62. The monoisotopic (exact) mass is 273 g/mol. The van der Waals surface area contributed by atoms with E-state index in [4.69, 9.17) is 0 Å². The van der Waals surface area contributed by atoms with Gasteiger partial charge in [-0.05, 0) is 19.3 Å². The predicted molar refractivity (Wildman–Crippen MR) is 81.9 cm³/mol. The Kier molecular flexibility index (Phi) is 11.6. The maximum absolute atomic E-state index is 2.35. The van der Waals surface area contributed by atoms with Crippen LogP contribution in [0.5, 0.6) is 0 Å². The third-order valence-electron chi connectivity index (χ3n) is 4.70. The largest absolute Gasteiger partial charge is 1.00 e. The Labute approximate surface area is 120 Å². The zero-order valence-corrected chi connectivity index (χ0v) is 13.4. The Balaban J connectivity index is 0.00000324. The van der Waals surface area contributed by atoms with Crippen LogP contribution in [0.3, 0.4) is 0 Å². The van der Waals surface area contributed by atoms with Crippen molar-refractivity contribution in [3.63, 3.8) is 0 Å². The Morgan fingerprint density at radius 3 is 1.68 bits per heavy atom. The maximum atomic E-state index is 2.35. The molecule has 0 aromatic heterocycles. The molecule has 0 radical (unpaired) electrons. The molecule has 1 fully saturated rings. The standard InChI is InChI=1S/C17H36N.FH/c1-3-5-6-7-8-9-10-11-15-18(14-4-2)16-12-13-17-18;/h3-17H2,1-2H3;1H/q+1;/p-1. The van der Waals surface area contributed by atoms with Crippen molar-refractivity contribution in [2.45, 2.75) is 84.5 Å². The van der Waals surface area contributed by atoms with E-state index >= 15 is 0 Å². The summed E-state index contributed by atoms with van der Waals surface area (Å²) in [6.45, 7) is 10.5. The first-order chi connectivity index (χ1) is 8.83. The summed E-state index contributed by atoms with van der Waals surface area (Å²) < 4.78 is 1.46. The summed E-state index contributed by atoms with van der Waals surface area (Å²) in [5.41, 5.74) is 0. The van der Waals surface area contributed by atoms with Gasteiger partial charge < -0.3 is 9.19 Å². The van der Waals surface area contributed by atoms with E-state index in [1.807, 2.05) is 0 Å². The number of hydrogen-bond acceptors (Lipinski definition) is 0. The molecule has 0 aromatic carbocycles. The van der Waals surface area contributed by atoms with E-state index in [-0.39, 0.29) is 4.70 Å². The molecule has 1 aliphatic heterocycles. The van der Waals surface area contributed by atoms with Gasteiger partial charge in [0, 0.05) is 12.8 Å². The minimum absolute atomic E-state index is 0. The molecule has 116 valence electrons. The highest BCUT2D eigenvalue weighted by atomic mass is 19.0. The van der Waals surface area contributed by atoms with Crippen LogP contribution in [0.1, 0.15) is 84.5 Å². The van der Waals surface area contributed by atoms with E-state index in [0.717, 1.165) is 0 Å². The van der Waals surface area contributed by atoms with E-state index in [1.54, 1.807) is 0 Å². The molecule has 0 aromatic rings. The van der Waals surface area contributed by atoms with Crippen molar-refractivity contribution in [2.24, 2.45) is 0 Å². The van der Waals surface area contributed by atoms with Crippen LogP contribution >= 0.6 is 0 Å². The Morgan fingerprint density at radius 2 is 1.16 bits per heavy atom. The van der Waals surface area contributed by atoms with Gasteiger partial charge in [0.25, 0.3) is 0 Å². The number of nitrogens with zero attached hydrogens (tertiary/aromatic N) is 1. The van der Waals surface area contributed by atoms with Gasteiger partial charge in [0.05, 0.1) is 26.2 Å². The molecule has 0 amide bonds. The lowest BCUT2D eigenvalue weighted by atomic mass is 10.1. The lowest BCUT2D eigenvalue weighted by Crippen LogP contribution is -3.00. The van der Waals surface area contributed by atoms with Crippen LogP contribution in [0.4, 0.5) is 0 Å². The van der Waals surface area contributed by atoms with Crippen molar-refractivity contribution in [2.75, 3.05) is 26.2 Å². The summed E-state index contributed by atoms with van der Waals surface area (Å²) in [6.07, 6.45) is 16.0. The van der Waals surface area contributed by atoms with Gasteiger partial charge in [-0.25, -0.2) is 0 Å². The van der Waals surface area contributed by atoms with Crippen molar-refractivity contribution in [1.29, 1.82) is 0 Å². The predicted octanol–water partition coefficient (Wildman–Crippen LogP) is 2.15. The quantitative estimate of drug-likeness (QED) is 0.400. The second-order valence-corrected chi connectivity index (χ2v) is 6.42. The fraction of sp³-hybridized carbons (Fsp3) is 1.00. The van der Waals surface area contributed by atoms with Crippen molar-refractivity contribution in [3.8, 4) is 0 Å². The summed E-state index contributed by atoms with van der Waals surface area (Å²) in [5.74, 6) is 0. The van der Waals surface area contributed by atoms with Gasteiger partial charge >= 0.3 is 0 Å². The number of halogens is 1. The second kappa shape index (κ2) is 11.7. The van der Waals surface area contributed by atoms with Gasteiger partial charge in [-0.15, -0.1) is 0 Å². The van der Waals surface area contributed by atoms with Crippen LogP contribution in [0.15, 0.2) is 0 Å². The molecular weight excluding hydrogens is 237 g/mol. The number of hydrogen-bond donors (Lipinski definition) is 0. The average Bonchev–Trinajstić information content (AvgIpc) is 2.82. The van der Waals surface area contributed by atoms with Gasteiger partial charge in [0.15, 0.2) is 0 Å². The third-order valence-corrected chi connectivity index (χ3v) is 4.70. The van der Waals surface area contributed by atoms with Crippen molar-refractivity contribution >= 4 is 0 Å². The molecule has 19 heavy (non-hydrogen) atoms. The summed E-state index contributed by atoms with van der Waals surface area (Å²) in [5, 5.41) is 0. The van der Waals surface area contributed by atoms with E-state index in [1.165, 1.54) is 101 Å². The summed E-state index contributed by atoms with van der Waals surface area (Å²) in [6, 6.07) is 0. The van der Waals surface area contributed by atoms with Gasteiger partial charge in [0.2, 0.25) is 0 Å². The zero-order chi connectivity index (χ0) is 13.1. The lowest BCUT2D eigenvalue weighted by molar-refractivity contribution is -0.917. The molecule has 0 atom stereocenters. The number of likely N-dealkylation sites (tertiary alicyclic amines) is 1. The van der Waals surface area contributed by atoms with Crippen molar-refractivity contribution < 1.29 is 9.19 Å². The molecular formula is C17H36FN. The molecule has 0 N–H and O–H groups in total. The minimum atomic E-state index is 0. The van der Waals surface area contributed by atoms with Crippen molar-refractivity contribution in [3.05, 3.63) is 0 Å². The Bertz CT molecular complexity index is 188.